The summed E-state index contributed by atoms with van der Waals surface area (Å²) < 4.78 is 5.53. The third kappa shape index (κ3) is 5.35. The molecule has 2 N–H and O–H groups in total. The number of ether oxygens (including phenoxy) is 1. The first-order chi connectivity index (χ1) is 16.6. The molecular weight excluding hydrogens is 466 g/mol. The second-order valence-corrected chi connectivity index (χ2v) is 10.4. The second-order valence-electron chi connectivity index (χ2n) is 9.25. The van der Waals surface area contributed by atoms with Crippen LogP contribution < -0.4 is 5.32 Å². The zero-order chi connectivity index (χ0) is 25.2. The van der Waals surface area contributed by atoms with Gasteiger partial charge in [-0.15, -0.1) is 11.3 Å². The highest BCUT2D eigenvalue weighted by Gasteiger charge is 2.31. The van der Waals surface area contributed by atoms with Gasteiger partial charge in [0.15, 0.2) is 0 Å². The van der Waals surface area contributed by atoms with E-state index in [1.165, 1.54) is 11.1 Å². The number of benzene rings is 2. The maximum atomic E-state index is 12.9. The summed E-state index contributed by atoms with van der Waals surface area (Å²) in [6.45, 7) is 5.21. The van der Waals surface area contributed by atoms with E-state index in [0.29, 0.717) is 9.88 Å². The summed E-state index contributed by atoms with van der Waals surface area (Å²) in [6.07, 6.45) is 0.833. The molecule has 1 aromatic heterocycles. The average Bonchev–Trinajstić information content (AvgIpc) is 3.42. The summed E-state index contributed by atoms with van der Waals surface area (Å²) in [4.78, 5) is 42.2. The van der Waals surface area contributed by atoms with Crippen LogP contribution in [-0.4, -0.2) is 51.7 Å². The number of aromatic nitrogens is 1. The second kappa shape index (κ2) is 9.87. The van der Waals surface area contributed by atoms with E-state index in [4.69, 9.17) is 9.84 Å². The third-order valence-electron chi connectivity index (χ3n) is 5.84. The van der Waals surface area contributed by atoms with Crippen molar-refractivity contribution < 1.29 is 24.2 Å². The quantitative estimate of drug-likeness (QED) is 0.501. The lowest BCUT2D eigenvalue weighted by Crippen LogP contribution is -2.48. The van der Waals surface area contributed by atoms with Crippen molar-refractivity contribution in [1.82, 2.24) is 15.2 Å². The van der Waals surface area contributed by atoms with E-state index < -0.39 is 30.1 Å². The van der Waals surface area contributed by atoms with Crippen molar-refractivity contribution in [1.29, 1.82) is 0 Å². The molecule has 0 unspecified atom stereocenters. The molecule has 0 atom stereocenters. The van der Waals surface area contributed by atoms with Crippen molar-refractivity contribution in [2.75, 3.05) is 13.2 Å². The van der Waals surface area contributed by atoms with Gasteiger partial charge in [-0.25, -0.2) is 9.78 Å². The Kier molecular flexibility index (Phi) is 6.88. The van der Waals surface area contributed by atoms with Gasteiger partial charge in [0.25, 0.3) is 5.91 Å². The van der Waals surface area contributed by atoms with Crippen LogP contribution in [0.1, 0.15) is 52.5 Å². The van der Waals surface area contributed by atoms with E-state index in [-0.39, 0.29) is 19.1 Å². The molecule has 1 aliphatic carbocycles. The van der Waals surface area contributed by atoms with Crippen LogP contribution in [0.5, 0.6) is 0 Å². The SMILES string of the molecule is CC(C)(C)N(CC(=O)O)C(=O)c1cnc(CNC(=O)OCC2c3ccccc3-c3ccccc32)s1. The molecule has 2 amide bonds. The van der Waals surface area contributed by atoms with Crippen LogP contribution in [0.25, 0.3) is 11.1 Å². The van der Waals surface area contributed by atoms with Crippen molar-refractivity contribution in [2.45, 2.75) is 38.8 Å². The number of carboxylic acids is 1. The molecule has 0 aliphatic heterocycles. The fraction of sp³-hybridized carbons (Fsp3) is 0.308. The van der Waals surface area contributed by atoms with Gasteiger partial charge in [-0.05, 0) is 43.0 Å². The van der Waals surface area contributed by atoms with Gasteiger partial charge < -0.3 is 20.1 Å². The van der Waals surface area contributed by atoms with Crippen LogP contribution in [0.2, 0.25) is 0 Å². The number of carbonyl (C=O) groups excluding carboxylic acids is 2. The molecule has 1 heterocycles. The van der Waals surface area contributed by atoms with Gasteiger partial charge in [-0.3, -0.25) is 9.59 Å². The Morgan fingerprint density at radius 1 is 1.06 bits per heavy atom. The molecule has 0 bridgehead atoms. The number of nitrogens with zero attached hydrogens (tertiary/aromatic N) is 2. The zero-order valence-corrected chi connectivity index (χ0v) is 20.6. The average molecular weight is 494 g/mol. The highest BCUT2D eigenvalue weighted by molar-refractivity contribution is 7.13. The highest BCUT2D eigenvalue weighted by Crippen LogP contribution is 2.44. The van der Waals surface area contributed by atoms with Crippen LogP contribution in [0.3, 0.4) is 0 Å². The number of nitrogens with one attached hydrogen (secondary N) is 1. The Morgan fingerprint density at radius 3 is 2.23 bits per heavy atom. The normalized spacial score (nSPS) is 12.5. The molecule has 0 fully saturated rings. The number of fused-ring (bicyclic) bond motifs is 3. The summed E-state index contributed by atoms with van der Waals surface area (Å²) >= 11 is 1.11. The number of carbonyl (C=O) groups is 3. The number of carboxylic acid groups (broad SMARTS) is 1. The van der Waals surface area contributed by atoms with Crippen molar-refractivity contribution in [2.24, 2.45) is 0 Å². The van der Waals surface area contributed by atoms with Crippen molar-refractivity contribution in [3.63, 3.8) is 0 Å². The lowest BCUT2D eigenvalue weighted by Gasteiger charge is -2.33. The Labute approximate surface area is 207 Å². The van der Waals surface area contributed by atoms with Crippen LogP contribution in [0, 0.1) is 0 Å². The van der Waals surface area contributed by atoms with Crippen LogP contribution in [-0.2, 0) is 16.1 Å². The predicted octanol–water partition coefficient (Wildman–Crippen LogP) is 4.51. The fourth-order valence-corrected chi connectivity index (χ4v) is 4.98. The topological polar surface area (TPSA) is 109 Å². The molecule has 0 spiro atoms. The third-order valence-corrected chi connectivity index (χ3v) is 6.83. The minimum Gasteiger partial charge on any atom is -0.480 e. The van der Waals surface area contributed by atoms with E-state index in [1.807, 2.05) is 24.3 Å². The standard InChI is InChI=1S/C26H27N3O5S/c1-26(2,3)29(14-23(30)31)24(32)21-12-27-22(35-21)13-28-25(33)34-15-20-18-10-6-4-8-16(18)17-9-5-7-11-19(17)20/h4-12,20H,13-15H2,1-3H3,(H,28,33)(H,30,31). The van der Waals surface area contributed by atoms with Crippen LogP contribution in [0.15, 0.2) is 54.7 Å². The maximum Gasteiger partial charge on any atom is 0.407 e. The predicted molar refractivity (Wildman–Crippen MR) is 132 cm³/mol. The number of alkyl carbamates (subject to hydrolysis) is 1. The van der Waals surface area contributed by atoms with Gasteiger partial charge >= 0.3 is 12.1 Å². The van der Waals surface area contributed by atoms with Gasteiger partial charge in [-0.1, -0.05) is 48.5 Å². The van der Waals surface area contributed by atoms with E-state index in [9.17, 15) is 14.4 Å². The summed E-state index contributed by atoms with van der Waals surface area (Å²) in [5.74, 6) is -1.53. The Balaban J connectivity index is 1.35. The van der Waals surface area contributed by atoms with E-state index in [2.05, 4.69) is 34.6 Å². The summed E-state index contributed by atoms with van der Waals surface area (Å²) in [5.41, 5.74) is 3.91. The summed E-state index contributed by atoms with van der Waals surface area (Å²) in [7, 11) is 0. The number of thiazole rings is 1. The maximum absolute atomic E-state index is 12.9. The molecule has 4 rings (SSSR count). The largest absolute Gasteiger partial charge is 0.480 e. The zero-order valence-electron chi connectivity index (χ0n) is 19.8. The molecule has 8 nitrogen and oxygen atoms in total. The van der Waals surface area contributed by atoms with Crippen molar-refractivity contribution in [3.05, 3.63) is 75.7 Å². The molecule has 0 saturated heterocycles. The molecule has 0 saturated carbocycles. The van der Waals surface area contributed by atoms with Gasteiger partial charge in [0, 0.05) is 11.5 Å². The molecule has 3 aromatic rings. The van der Waals surface area contributed by atoms with Gasteiger partial charge in [-0.2, -0.15) is 0 Å². The molecule has 2 aromatic carbocycles. The number of hydrogen-bond donors (Lipinski definition) is 2. The number of hydrogen-bond acceptors (Lipinski definition) is 6. The molecule has 1 aliphatic rings. The Morgan fingerprint density at radius 2 is 1.66 bits per heavy atom. The van der Waals surface area contributed by atoms with Gasteiger partial charge in [0.1, 0.15) is 23.0 Å². The van der Waals surface area contributed by atoms with E-state index in [0.717, 1.165) is 33.6 Å². The monoisotopic (exact) mass is 493 g/mol. The van der Waals surface area contributed by atoms with E-state index >= 15 is 0 Å². The first-order valence-electron chi connectivity index (χ1n) is 11.2. The molecule has 182 valence electrons. The number of rotatable bonds is 7. The molecule has 9 heteroatoms. The molecule has 35 heavy (non-hydrogen) atoms. The van der Waals surface area contributed by atoms with Gasteiger partial charge in [0.2, 0.25) is 0 Å². The summed E-state index contributed by atoms with van der Waals surface area (Å²) in [5, 5.41) is 12.4. The summed E-state index contributed by atoms with van der Waals surface area (Å²) in [6, 6.07) is 16.2. The molecular formula is C26H27N3O5S. The minimum atomic E-state index is -1.09. The Hall–Kier alpha value is -3.72. The van der Waals surface area contributed by atoms with Crippen molar-refractivity contribution in [3.8, 4) is 11.1 Å². The van der Waals surface area contributed by atoms with Crippen molar-refractivity contribution >= 4 is 29.3 Å². The first kappa shape index (κ1) is 24.4. The first-order valence-corrected chi connectivity index (χ1v) is 12.0. The van der Waals surface area contributed by atoms with Crippen LogP contribution in [0.4, 0.5) is 4.79 Å². The van der Waals surface area contributed by atoms with Crippen LogP contribution >= 0.6 is 11.3 Å². The smallest absolute Gasteiger partial charge is 0.407 e. The van der Waals surface area contributed by atoms with Gasteiger partial charge in [0.05, 0.1) is 12.7 Å². The molecule has 0 radical (unpaired) electrons. The lowest BCUT2D eigenvalue weighted by molar-refractivity contribution is -0.138. The number of aliphatic carboxylic acids is 1. The number of amides is 2. The van der Waals surface area contributed by atoms with E-state index in [1.54, 1.807) is 20.8 Å². The Bertz CT molecular complexity index is 1220. The highest BCUT2D eigenvalue weighted by atomic mass is 32.1. The fourth-order valence-electron chi connectivity index (χ4n) is 4.17. The lowest BCUT2D eigenvalue weighted by atomic mass is 9.98. The minimum absolute atomic E-state index is 0.0325.